The van der Waals surface area contributed by atoms with E-state index in [0.29, 0.717) is 0 Å². The molecule has 0 saturated heterocycles. The van der Waals surface area contributed by atoms with Gasteiger partial charge in [0.15, 0.2) is 12.3 Å². The second-order valence-corrected chi connectivity index (χ2v) is 4.38. The van der Waals surface area contributed by atoms with Gasteiger partial charge in [-0.25, -0.2) is 13.9 Å². The van der Waals surface area contributed by atoms with Crippen LogP contribution in [-0.2, 0) is 4.74 Å². The molecule has 0 radical (unpaired) electrons. The van der Waals surface area contributed by atoms with Crippen LogP contribution in [0.25, 0.3) is 5.69 Å². The van der Waals surface area contributed by atoms with Gasteiger partial charge in [0.1, 0.15) is 5.82 Å². The number of benzene rings is 1. The zero-order valence-electron chi connectivity index (χ0n) is 11.9. The summed E-state index contributed by atoms with van der Waals surface area (Å²) in [7, 11) is 0. The number of hydrogen-bond donors (Lipinski definition) is 0. The topological polar surface area (TPSA) is 53.4 Å². The summed E-state index contributed by atoms with van der Waals surface area (Å²) in [5, 5.41) is 3.75. The van der Waals surface area contributed by atoms with Crippen LogP contribution in [0, 0.1) is 5.82 Å². The van der Waals surface area contributed by atoms with E-state index in [4.69, 9.17) is 4.74 Å². The van der Waals surface area contributed by atoms with Gasteiger partial charge in [0.2, 0.25) is 5.88 Å². The number of alkyl halides is 3. The van der Waals surface area contributed by atoms with Crippen LogP contribution >= 0.6 is 0 Å². The van der Waals surface area contributed by atoms with Crippen LogP contribution in [0.4, 0.5) is 17.6 Å². The Kier molecular flexibility index (Phi) is 4.87. The van der Waals surface area contributed by atoms with E-state index in [1.165, 1.54) is 18.2 Å². The molecule has 0 spiro atoms. The third-order valence-corrected chi connectivity index (χ3v) is 2.61. The van der Waals surface area contributed by atoms with Crippen LogP contribution in [0.2, 0.25) is 0 Å². The molecule has 9 heteroatoms. The zero-order valence-corrected chi connectivity index (χ0v) is 11.9. The minimum absolute atomic E-state index is 0.0614. The Balaban J connectivity index is 2.38. The third kappa shape index (κ3) is 4.44. The van der Waals surface area contributed by atoms with Crippen molar-refractivity contribution in [3.8, 4) is 11.6 Å². The summed E-state index contributed by atoms with van der Waals surface area (Å²) in [6, 6.07) is 6.07. The van der Waals surface area contributed by atoms with Gasteiger partial charge in [0, 0.05) is 6.07 Å². The van der Waals surface area contributed by atoms with Gasteiger partial charge in [-0.3, -0.25) is 0 Å². The van der Waals surface area contributed by atoms with Crippen LogP contribution in [0.1, 0.15) is 17.4 Å². The number of carbonyl (C=O) groups excluding carboxylic acids is 1. The first-order valence-corrected chi connectivity index (χ1v) is 6.53. The molecule has 0 aliphatic rings. The zero-order chi connectivity index (χ0) is 17.0. The Hall–Kier alpha value is -2.58. The maximum absolute atomic E-state index is 13.3. The fraction of sp³-hybridized carbons (Fsp3) is 0.286. The molecule has 1 aromatic heterocycles. The standard InChI is InChI=1S/C14H12F4N2O3/c1-2-22-13(21)11-7-12(23-8-14(16,17)18)19-20(11)10-5-3-4-9(15)6-10/h3-7H,2,8H2,1H3. The summed E-state index contributed by atoms with van der Waals surface area (Å²) in [5.41, 5.74) is -0.0236. The minimum atomic E-state index is -4.55. The highest BCUT2D eigenvalue weighted by atomic mass is 19.4. The van der Waals surface area contributed by atoms with Crippen molar-refractivity contribution < 1.29 is 31.8 Å². The minimum Gasteiger partial charge on any atom is -0.467 e. The van der Waals surface area contributed by atoms with Crippen molar-refractivity contribution in [1.29, 1.82) is 0 Å². The fourth-order valence-corrected chi connectivity index (χ4v) is 1.74. The van der Waals surface area contributed by atoms with Gasteiger partial charge in [0.05, 0.1) is 12.3 Å². The average molecular weight is 332 g/mol. The molecule has 124 valence electrons. The molecule has 2 aromatic rings. The number of rotatable bonds is 5. The lowest BCUT2D eigenvalue weighted by atomic mass is 10.3. The number of ether oxygens (including phenoxy) is 2. The molecule has 0 saturated carbocycles. The molecular formula is C14H12F4N2O3. The molecule has 0 aliphatic heterocycles. The van der Waals surface area contributed by atoms with E-state index in [-0.39, 0.29) is 18.0 Å². The summed E-state index contributed by atoms with van der Waals surface area (Å²) >= 11 is 0. The van der Waals surface area contributed by atoms with Crippen molar-refractivity contribution in [3.63, 3.8) is 0 Å². The highest BCUT2D eigenvalue weighted by Crippen LogP contribution is 2.21. The molecule has 0 unspecified atom stereocenters. The molecule has 5 nitrogen and oxygen atoms in total. The van der Waals surface area contributed by atoms with Crippen molar-refractivity contribution in [1.82, 2.24) is 9.78 Å². The predicted molar refractivity (Wildman–Crippen MR) is 71.0 cm³/mol. The molecule has 1 heterocycles. The highest BCUT2D eigenvalue weighted by Gasteiger charge is 2.29. The van der Waals surface area contributed by atoms with Crippen LogP contribution < -0.4 is 4.74 Å². The lowest BCUT2D eigenvalue weighted by Crippen LogP contribution is -2.19. The van der Waals surface area contributed by atoms with Crippen LogP contribution in [0.5, 0.6) is 5.88 Å². The average Bonchev–Trinajstić information content (AvgIpc) is 2.89. The first kappa shape index (κ1) is 16.8. The Bertz CT molecular complexity index is 698. The van der Waals surface area contributed by atoms with E-state index in [9.17, 15) is 22.4 Å². The van der Waals surface area contributed by atoms with Crippen molar-refractivity contribution in [2.45, 2.75) is 13.1 Å². The Morgan fingerprint density at radius 3 is 2.65 bits per heavy atom. The molecule has 0 fully saturated rings. The monoisotopic (exact) mass is 332 g/mol. The molecule has 2 rings (SSSR count). The SMILES string of the molecule is CCOC(=O)c1cc(OCC(F)(F)F)nn1-c1cccc(F)c1. The van der Waals surface area contributed by atoms with E-state index in [1.54, 1.807) is 6.92 Å². The first-order valence-electron chi connectivity index (χ1n) is 6.53. The van der Waals surface area contributed by atoms with Crippen LogP contribution in [-0.4, -0.2) is 35.1 Å². The van der Waals surface area contributed by atoms with Gasteiger partial charge in [-0.1, -0.05) is 6.07 Å². The fourth-order valence-electron chi connectivity index (χ4n) is 1.74. The molecule has 1 aromatic carbocycles. The van der Waals surface area contributed by atoms with Crippen LogP contribution in [0.3, 0.4) is 0 Å². The van der Waals surface area contributed by atoms with Gasteiger partial charge >= 0.3 is 12.1 Å². The Morgan fingerprint density at radius 2 is 2.04 bits per heavy atom. The summed E-state index contributed by atoms with van der Waals surface area (Å²) in [6.07, 6.45) is -4.55. The third-order valence-electron chi connectivity index (χ3n) is 2.61. The van der Waals surface area contributed by atoms with E-state index in [2.05, 4.69) is 9.84 Å². The van der Waals surface area contributed by atoms with E-state index in [0.717, 1.165) is 16.8 Å². The normalized spacial score (nSPS) is 11.3. The Morgan fingerprint density at radius 1 is 1.30 bits per heavy atom. The second kappa shape index (κ2) is 6.67. The predicted octanol–water partition coefficient (Wildman–Crippen LogP) is 3.13. The highest BCUT2D eigenvalue weighted by molar-refractivity contribution is 5.88. The first-order chi connectivity index (χ1) is 10.8. The van der Waals surface area contributed by atoms with E-state index >= 15 is 0 Å². The smallest absolute Gasteiger partial charge is 0.422 e. The van der Waals surface area contributed by atoms with Gasteiger partial charge in [-0.05, 0) is 25.1 Å². The molecule has 0 bridgehead atoms. The van der Waals surface area contributed by atoms with Crippen LogP contribution in [0.15, 0.2) is 30.3 Å². The second-order valence-electron chi connectivity index (χ2n) is 4.38. The quantitative estimate of drug-likeness (QED) is 0.623. The van der Waals surface area contributed by atoms with Gasteiger partial charge < -0.3 is 9.47 Å². The number of hydrogen-bond acceptors (Lipinski definition) is 4. The summed E-state index contributed by atoms with van der Waals surface area (Å²) < 4.78 is 60.2. The molecule has 0 aliphatic carbocycles. The number of aromatic nitrogens is 2. The maximum atomic E-state index is 13.3. The molecule has 0 amide bonds. The van der Waals surface area contributed by atoms with Crippen molar-refractivity contribution in [2.75, 3.05) is 13.2 Å². The molecule has 0 N–H and O–H groups in total. The summed E-state index contributed by atoms with van der Waals surface area (Å²) in [5.74, 6) is -1.83. The largest absolute Gasteiger partial charge is 0.467 e. The molecular weight excluding hydrogens is 320 g/mol. The van der Waals surface area contributed by atoms with E-state index < -0.39 is 30.4 Å². The van der Waals surface area contributed by atoms with E-state index in [1.807, 2.05) is 0 Å². The lowest BCUT2D eigenvalue weighted by molar-refractivity contribution is -0.154. The van der Waals surface area contributed by atoms with Crippen molar-refractivity contribution in [3.05, 3.63) is 41.8 Å². The van der Waals surface area contributed by atoms with Gasteiger partial charge in [-0.15, -0.1) is 5.10 Å². The summed E-state index contributed by atoms with van der Waals surface area (Å²) in [4.78, 5) is 11.9. The van der Waals surface area contributed by atoms with Crippen molar-refractivity contribution in [2.24, 2.45) is 0 Å². The maximum Gasteiger partial charge on any atom is 0.422 e. The Labute approximate surface area is 128 Å². The number of halogens is 4. The van der Waals surface area contributed by atoms with Gasteiger partial charge in [0.25, 0.3) is 0 Å². The molecule has 23 heavy (non-hydrogen) atoms. The van der Waals surface area contributed by atoms with Gasteiger partial charge in [-0.2, -0.15) is 13.2 Å². The number of esters is 1. The molecule has 0 atom stereocenters. The summed E-state index contributed by atoms with van der Waals surface area (Å²) in [6.45, 7) is 0.0726. The number of carbonyl (C=O) groups is 1. The van der Waals surface area contributed by atoms with Crippen molar-refractivity contribution >= 4 is 5.97 Å². The number of nitrogens with zero attached hydrogens (tertiary/aromatic N) is 2. The lowest BCUT2D eigenvalue weighted by Gasteiger charge is -2.07.